The smallest absolute Gasteiger partial charge is 0.257 e. The van der Waals surface area contributed by atoms with Crippen molar-refractivity contribution in [2.45, 2.75) is 6.92 Å². The summed E-state index contributed by atoms with van der Waals surface area (Å²) in [5, 5.41) is 9.33. The van der Waals surface area contributed by atoms with Crippen molar-refractivity contribution in [1.29, 1.82) is 0 Å². The van der Waals surface area contributed by atoms with Crippen molar-refractivity contribution in [2.75, 3.05) is 5.32 Å². The lowest BCUT2D eigenvalue weighted by atomic mass is 10.2. The van der Waals surface area contributed by atoms with E-state index in [1.165, 1.54) is 0 Å². The third-order valence-electron chi connectivity index (χ3n) is 1.90. The first kappa shape index (κ1) is 9.45. The van der Waals surface area contributed by atoms with E-state index in [0.29, 0.717) is 11.4 Å². The first-order chi connectivity index (χ1) is 7.25. The summed E-state index contributed by atoms with van der Waals surface area (Å²) < 4.78 is 0. The highest BCUT2D eigenvalue weighted by Gasteiger charge is 2.06. The molecule has 2 aromatic rings. The molecule has 0 aliphatic carbocycles. The molecule has 0 aliphatic heterocycles. The van der Waals surface area contributed by atoms with Crippen LogP contribution in [0.3, 0.4) is 0 Å². The number of nitrogens with one attached hydrogen (secondary N) is 2. The standard InChI is InChI=1S/C11H10N3O/c1-8-7-10(14-13-8)12-11(15)9-5-3-2-4-6-9/h2-5,7H,1H3,(H2,12,13,14,15). The van der Waals surface area contributed by atoms with Gasteiger partial charge in [0.15, 0.2) is 5.82 Å². The average Bonchev–Trinajstić information content (AvgIpc) is 2.65. The van der Waals surface area contributed by atoms with E-state index in [2.05, 4.69) is 21.6 Å². The van der Waals surface area contributed by atoms with Gasteiger partial charge in [0.2, 0.25) is 0 Å². The van der Waals surface area contributed by atoms with E-state index in [9.17, 15) is 4.79 Å². The molecule has 0 aliphatic rings. The second-order valence-corrected chi connectivity index (χ2v) is 3.17. The zero-order valence-corrected chi connectivity index (χ0v) is 8.24. The molecule has 0 saturated heterocycles. The third-order valence-corrected chi connectivity index (χ3v) is 1.90. The Bertz CT molecular complexity index is 462. The predicted molar refractivity (Wildman–Crippen MR) is 56.6 cm³/mol. The molecule has 1 aromatic heterocycles. The van der Waals surface area contributed by atoms with Gasteiger partial charge in [0.25, 0.3) is 5.91 Å². The third kappa shape index (κ3) is 2.22. The number of anilines is 1. The number of aromatic amines is 1. The van der Waals surface area contributed by atoms with E-state index in [-0.39, 0.29) is 5.91 Å². The molecule has 0 spiro atoms. The minimum atomic E-state index is -0.206. The van der Waals surface area contributed by atoms with Crippen molar-refractivity contribution in [3.63, 3.8) is 0 Å². The highest BCUT2D eigenvalue weighted by Crippen LogP contribution is 2.06. The summed E-state index contributed by atoms with van der Waals surface area (Å²) in [5.41, 5.74) is 1.40. The number of rotatable bonds is 2. The molecule has 0 fully saturated rings. The summed E-state index contributed by atoms with van der Waals surface area (Å²) in [6, 6.07) is 11.6. The van der Waals surface area contributed by atoms with Gasteiger partial charge in [0.05, 0.1) is 0 Å². The Kier molecular flexibility index (Phi) is 2.49. The second kappa shape index (κ2) is 3.96. The van der Waals surface area contributed by atoms with Gasteiger partial charge in [-0.3, -0.25) is 9.89 Å². The summed E-state index contributed by atoms with van der Waals surface area (Å²) in [5.74, 6) is 0.317. The molecule has 1 amide bonds. The van der Waals surface area contributed by atoms with Gasteiger partial charge >= 0.3 is 0 Å². The fraction of sp³-hybridized carbons (Fsp3) is 0.0909. The molecule has 0 atom stereocenters. The predicted octanol–water partition coefficient (Wildman–Crippen LogP) is 1.77. The van der Waals surface area contributed by atoms with Crippen molar-refractivity contribution >= 4 is 11.7 Å². The largest absolute Gasteiger partial charge is 0.305 e. The molecule has 0 saturated carbocycles. The maximum atomic E-state index is 11.6. The lowest BCUT2D eigenvalue weighted by molar-refractivity contribution is 0.102. The van der Waals surface area contributed by atoms with Gasteiger partial charge in [-0.1, -0.05) is 18.2 Å². The molecule has 1 radical (unpaired) electrons. The number of aromatic nitrogens is 2. The molecule has 15 heavy (non-hydrogen) atoms. The van der Waals surface area contributed by atoms with Crippen LogP contribution in [0.5, 0.6) is 0 Å². The number of carbonyl (C=O) groups excluding carboxylic acids is 1. The fourth-order valence-corrected chi connectivity index (χ4v) is 1.20. The Morgan fingerprint density at radius 2 is 2.40 bits per heavy atom. The number of hydrogen-bond donors (Lipinski definition) is 2. The van der Waals surface area contributed by atoms with Crippen LogP contribution in [0, 0.1) is 13.0 Å². The first-order valence-electron chi connectivity index (χ1n) is 4.56. The maximum Gasteiger partial charge on any atom is 0.257 e. The zero-order chi connectivity index (χ0) is 10.7. The molecule has 0 unspecified atom stereocenters. The fourth-order valence-electron chi connectivity index (χ4n) is 1.20. The van der Waals surface area contributed by atoms with Crippen LogP contribution < -0.4 is 5.32 Å². The van der Waals surface area contributed by atoms with Gasteiger partial charge in [0.1, 0.15) is 0 Å². The number of nitrogens with zero attached hydrogens (tertiary/aromatic N) is 1. The van der Waals surface area contributed by atoms with Gasteiger partial charge in [-0.2, -0.15) is 5.10 Å². The minimum Gasteiger partial charge on any atom is -0.305 e. The Hall–Kier alpha value is -2.10. The molecule has 4 heteroatoms. The van der Waals surface area contributed by atoms with Crippen LogP contribution in [-0.4, -0.2) is 16.1 Å². The van der Waals surface area contributed by atoms with Crippen molar-refractivity contribution in [1.82, 2.24) is 10.2 Å². The van der Waals surface area contributed by atoms with E-state index in [0.717, 1.165) is 5.69 Å². The van der Waals surface area contributed by atoms with E-state index in [4.69, 9.17) is 0 Å². The Labute approximate surface area is 87.3 Å². The molecule has 0 bridgehead atoms. The Morgan fingerprint density at radius 1 is 1.53 bits per heavy atom. The van der Waals surface area contributed by atoms with Gasteiger partial charge < -0.3 is 5.32 Å². The highest BCUT2D eigenvalue weighted by atomic mass is 16.1. The summed E-state index contributed by atoms with van der Waals surface area (Å²) in [7, 11) is 0. The van der Waals surface area contributed by atoms with Gasteiger partial charge in [-0.05, 0) is 19.1 Å². The number of aryl methyl sites for hydroxylation is 1. The van der Waals surface area contributed by atoms with Gasteiger partial charge in [-0.25, -0.2) is 0 Å². The van der Waals surface area contributed by atoms with Crippen LogP contribution in [0.25, 0.3) is 0 Å². The van der Waals surface area contributed by atoms with Crippen molar-refractivity contribution < 1.29 is 4.79 Å². The normalized spacial score (nSPS) is 9.93. The van der Waals surface area contributed by atoms with E-state index < -0.39 is 0 Å². The van der Waals surface area contributed by atoms with Crippen LogP contribution >= 0.6 is 0 Å². The number of H-pyrrole nitrogens is 1. The molecule has 75 valence electrons. The Morgan fingerprint density at radius 3 is 3.00 bits per heavy atom. The summed E-state index contributed by atoms with van der Waals surface area (Å²) in [4.78, 5) is 11.6. The minimum absolute atomic E-state index is 0.206. The number of hydrogen-bond acceptors (Lipinski definition) is 2. The van der Waals surface area contributed by atoms with Crippen LogP contribution in [0.2, 0.25) is 0 Å². The van der Waals surface area contributed by atoms with Crippen LogP contribution in [0.1, 0.15) is 16.1 Å². The molecule has 4 nitrogen and oxygen atoms in total. The maximum absolute atomic E-state index is 11.6. The van der Waals surface area contributed by atoms with Gasteiger partial charge in [-0.15, -0.1) is 0 Å². The lowest BCUT2D eigenvalue weighted by Crippen LogP contribution is -2.11. The van der Waals surface area contributed by atoms with Crippen molar-refractivity contribution in [3.05, 3.63) is 47.7 Å². The molecule has 2 rings (SSSR count). The zero-order valence-electron chi connectivity index (χ0n) is 8.24. The first-order valence-corrected chi connectivity index (χ1v) is 4.56. The molecule has 2 N–H and O–H groups in total. The van der Waals surface area contributed by atoms with Crippen LogP contribution in [0.4, 0.5) is 5.82 Å². The number of carbonyl (C=O) groups is 1. The second-order valence-electron chi connectivity index (χ2n) is 3.17. The topological polar surface area (TPSA) is 57.8 Å². The molecule has 1 aromatic carbocycles. The number of amides is 1. The quantitative estimate of drug-likeness (QED) is 0.776. The summed E-state index contributed by atoms with van der Waals surface area (Å²) >= 11 is 0. The average molecular weight is 200 g/mol. The molecular weight excluding hydrogens is 190 g/mol. The van der Waals surface area contributed by atoms with Crippen molar-refractivity contribution in [3.8, 4) is 0 Å². The van der Waals surface area contributed by atoms with Crippen LogP contribution in [-0.2, 0) is 0 Å². The number of benzene rings is 1. The van der Waals surface area contributed by atoms with E-state index in [1.807, 2.05) is 13.0 Å². The monoisotopic (exact) mass is 200 g/mol. The molecular formula is C11H10N3O. The Balaban J connectivity index is 2.11. The highest BCUT2D eigenvalue weighted by molar-refractivity contribution is 6.03. The summed E-state index contributed by atoms with van der Waals surface area (Å²) in [6.45, 7) is 1.87. The lowest BCUT2D eigenvalue weighted by Gasteiger charge is -1.99. The van der Waals surface area contributed by atoms with E-state index in [1.54, 1.807) is 24.3 Å². The van der Waals surface area contributed by atoms with Crippen LogP contribution in [0.15, 0.2) is 30.3 Å². The van der Waals surface area contributed by atoms with Gasteiger partial charge in [0, 0.05) is 17.3 Å². The SMILES string of the molecule is Cc1cc(NC(=O)c2[c]cccc2)n[nH]1. The molecule has 1 heterocycles. The van der Waals surface area contributed by atoms with E-state index >= 15 is 0 Å². The van der Waals surface area contributed by atoms with Crippen molar-refractivity contribution in [2.24, 2.45) is 0 Å². The summed E-state index contributed by atoms with van der Waals surface area (Å²) in [6.07, 6.45) is 0.